The highest BCUT2D eigenvalue weighted by Gasteiger charge is 2.18. The maximum Gasteiger partial charge on any atom is 0.243 e. The first-order valence-corrected chi connectivity index (χ1v) is 8.79. The van der Waals surface area contributed by atoms with Crippen LogP contribution in [0, 0.1) is 0 Å². The highest BCUT2D eigenvalue weighted by Crippen LogP contribution is 2.22. The van der Waals surface area contributed by atoms with Crippen LogP contribution in [0.3, 0.4) is 0 Å². The quantitative estimate of drug-likeness (QED) is 0.564. The molecule has 136 valence electrons. The molecule has 0 spiro atoms. The number of aromatic nitrogens is 5. The molecule has 0 aliphatic rings. The van der Waals surface area contributed by atoms with Gasteiger partial charge in [0.1, 0.15) is 0 Å². The van der Waals surface area contributed by atoms with E-state index < -0.39 is 0 Å². The molecule has 2 unspecified atom stereocenters. The first kappa shape index (κ1) is 17.1. The molecule has 7 heteroatoms. The highest BCUT2D eigenvalue weighted by molar-refractivity contribution is 5.51. The number of hydrogen-bond acceptors (Lipinski definition) is 6. The lowest BCUT2D eigenvalue weighted by Crippen LogP contribution is -2.22. The van der Waals surface area contributed by atoms with Crippen molar-refractivity contribution < 1.29 is 4.52 Å². The van der Waals surface area contributed by atoms with Gasteiger partial charge in [-0.15, -0.1) is 0 Å². The van der Waals surface area contributed by atoms with E-state index in [0.29, 0.717) is 11.7 Å². The highest BCUT2D eigenvalue weighted by atomic mass is 16.5. The lowest BCUT2D eigenvalue weighted by atomic mass is 10.1. The van der Waals surface area contributed by atoms with E-state index in [1.807, 2.05) is 35.9 Å². The summed E-state index contributed by atoms with van der Waals surface area (Å²) in [6.07, 6.45) is 8.92. The van der Waals surface area contributed by atoms with Gasteiger partial charge in [-0.3, -0.25) is 10.3 Å². The number of hydrogen-bond donors (Lipinski definition) is 1. The van der Waals surface area contributed by atoms with Gasteiger partial charge >= 0.3 is 0 Å². The third-order valence-electron chi connectivity index (χ3n) is 4.40. The molecule has 7 nitrogen and oxygen atoms in total. The van der Waals surface area contributed by atoms with Gasteiger partial charge in [0, 0.05) is 42.1 Å². The molecule has 4 rings (SSSR count). The molecule has 0 radical (unpaired) electrons. The lowest BCUT2D eigenvalue weighted by molar-refractivity contribution is 0.328. The fourth-order valence-electron chi connectivity index (χ4n) is 2.93. The van der Waals surface area contributed by atoms with Gasteiger partial charge in [-0.25, -0.2) is 4.98 Å². The molecule has 0 aliphatic heterocycles. The third kappa shape index (κ3) is 3.78. The molecule has 0 bridgehead atoms. The van der Waals surface area contributed by atoms with Gasteiger partial charge in [-0.05, 0) is 43.7 Å². The fraction of sp³-hybridized carbons (Fsp3) is 0.200. The van der Waals surface area contributed by atoms with Gasteiger partial charge in [0.15, 0.2) is 0 Å². The van der Waals surface area contributed by atoms with Gasteiger partial charge in [0.25, 0.3) is 0 Å². The molecule has 27 heavy (non-hydrogen) atoms. The number of rotatable bonds is 6. The van der Waals surface area contributed by atoms with Gasteiger partial charge in [0.05, 0.1) is 12.4 Å². The topological polar surface area (TPSA) is 81.7 Å². The van der Waals surface area contributed by atoms with Crippen LogP contribution in [0.25, 0.3) is 17.1 Å². The molecule has 4 aromatic rings. The maximum atomic E-state index is 5.44. The van der Waals surface area contributed by atoms with Crippen molar-refractivity contribution in [2.75, 3.05) is 0 Å². The average Bonchev–Trinajstić information content (AvgIpc) is 3.41. The van der Waals surface area contributed by atoms with E-state index in [1.165, 1.54) is 5.56 Å². The van der Waals surface area contributed by atoms with E-state index in [0.717, 1.165) is 11.3 Å². The Balaban J connectivity index is 1.48. The van der Waals surface area contributed by atoms with Crippen LogP contribution in [0.1, 0.15) is 37.4 Å². The summed E-state index contributed by atoms with van der Waals surface area (Å²) in [6.45, 7) is 4.12. The van der Waals surface area contributed by atoms with E-state index in [-0.39, 0.29) is 12.1 Å². The molecule has 0 saturated heterocycles. The predicted molar refractivity (Wildman–Crippen MR) is 101 cm³/mol. The Labute approximate surface area is 157 Å². The summed E-state index contributed by atoms with van der Waals surface area (Å²) in [7, 11) is 0. The fourth-order valence-corrected chi connectivity index (χ4v) is 2.93. The summed E-state index contributed by atoms with van der Waals surface area (Å²) in [5.74, 6) is 1.09. The van der Waals surface area contributed by atoms with Crippen molar-refractivity contribution in [2.45, 2.75) is 25.9 Å². The minimum atomic E-state index is -0.0881. The van der Waals surface area contributed by atoms with Crippen LogP contribution >= 0.6 is 0 Å². The lowest BCUT2D eigenvalue weighted by Gasteiger charge is -2.18. The maximum absolute atomic E-state index is 5.44. The Morgan fingerprint density at radius 1 is 1.04 bits per heavy atom. The zero-order chi connectivity index (χ0) is 18.6. The van der Waals surface area contributed by atoms with Crippen molar-refractivity contribution in [2.24, 2.45) is 0 Å². The second kappa shape index (κ2) is 7.51. The minimum Gasteiger partial charge on any atom is -0.337 e. The second-order valence-corrected chi connectivity index (χ2v) is 6.37. The van der Waals surface area contributed by atoms with Crippen molar-refractivity contribution in [1.82, 2.24) is 30.0 Å². The molecule has 2 atom stereocenters. The van der Waals surface area contributed by atoms with Crippen molar-refractivity contribution in [3.63, 3.8) is 0 Å². The Bertz CT molecular complexity index is 996. The standard InChI is InChI=1S/C20H20N6O/c1-14(16-5-3-7-18(11-16)26-10-9-22-13-26)23-15(2)20-24-19(25-27-20)17-6-4-8-21-12-17/h3-15,23H,1-2H3. The van der Waals surface area contributed by atoms with Gasteiger partial charge < -0.3 is 9.09 Å². The Kier molecular flexibility index (Phi) is 4.76. The Morgan fingerprint density at radius 2 is 1.96 bits per heavy atom. The van der Waals surface area contributed by atoms with Gasteiger partial charge in [-0.1, -0.05) is 17.3 Å². The number of pyridine rings is 1. The largest absolute Gasteiger partial charge is 0.337 e. The van der Waals surface area contributed by atoms with E-state index >= 15 is 0 Å². The van der Waals surface area contributed by atoms with E-state index in [1.54, 1.807) is 24.9 Å². The molecule has 1 aromatic carbocycles. The molecular weight excluding hydrogens is 340 g/mol. The first-order chi connectivity index (χ1) is 13.2. The van der Waals surface area contributed by atoms with Crippen molar-refractivity contribution >= 4 is 0 Å². The summed E-state index contributed by atoms with van der Waals surface area (Å²) in [4.78, 5) is 12.7. The summed E-state index contributed by atoms with van der Waals surface area (Å²) in [5, 5.41) is 7.57. The third-order valence-corrected chi connectivity index (χ3v) is 4.40. The summed E-state index contributed by atoms with van der Waals surface area (Å²) in [6, 6.07) is 12.1. The zero-order valence-electron chi connectivity index (χ0n) is 15.1. The Hall–Kier alpha value is -3.32. The molecular formula is C20H20N6O. The molecule has 0 amide bonds. The monoisotopic (exact) mass is 360 g/mol. The second-order valence-electron chi connectivity index (χ2n) is 6.37. The van der Waals surface area contributed by atoms with Crippen LogP contribution in [-0.4, -0.2) is 24.7 Å². The van der Waals surface area contributed by atoms with Crippen LogP contribution in [0.15, 0.2) is 72.0 Å². The van der Waals surface area contributed by atoms with Crippen LogP contribution in [0.2, 0.25) is 0 Å². The molecule has 3 heterocycles. The summed E-state index contributed by atoms with van der Waals surface area (Å²) < 4.78 is 7.42. The number of benzene rings is 1. The van der Waals surface area contributed by atoms with E-state index in [2.05, 4.69) is 50.5 Å². The first-order valence-electron chi connectivity index (χ1n) is 8.79. The minimum absolute atomic E-state index is 0.0881. The van der Waals surface area contributed by atoms with Crippen LogP contribution < -0.4 is 5.32 Å². The van der Waals surface area contributed by atoms with Crippen LogP contribution in [-0.2, 0) is 0 Å². The van der Waals surface area contributed by atoms with E-state index in [4.69, 9.17) is 4.52 Å². The number of nitrogens with one attached hydrogen (secondary N) is 1. The van der Waals surface area contributed by atoms with E-state index in [9.17, 15) is 0 Å². The zero-order valence-corrected chi connectivity index (χ0v) is 15.1. The van der Waals surface area contributed by atoms with Crippen LogP contribution in [0.5, 0.6) is 0 Å². The Morgan fingerprint density at radius 3 is 2.74 bits per heavy atom. The summed E-state index contributed by atoms with van der Waals surface area (Å²) >= 11 is 0. The predicted octanol–water partition coefficient (Wildman–Crippen LogP) is 3.73. The molecule has 0 saturated carbocycles. The SMILES string of the molecule is CC(NC(C)c1nc(-c2cccnc2)no1)c1cccc(-n2ccnc2)c1. The normalized spacial score (nSPS) is 13.4. The number of nitrogens with zero attached hydrogens (tertiary/aromatic N) is 5. The molecule has 0 aliphatic carbocycles. The van der Waals surface area contributed by atoms with Crippen molar-refractivity contribution in [3.8, 4) is 17.1 Å². The molecule has 0 fully saturated rings. The number of imidazole rings is 1. The van der Waals surface area contributed by atoms with Crippen molar-refractivity contribution in [3.05, 3.63) is 79.0 Å². The molecule has 3 aromatic heterocycles. The average molecular weight is 360 g/mol. The molecule has 1 N–H and O–H groups in total. The van der Waals surface area contributed by atoms with Crippen LogP contribution in [0.4, 0.5) is 0 Å². The van der Waals surface area contributed by atoms with Gasteiger partial charge in [0.2, 0.25) is 11.7 Å². The van der Waals surface area contributed by atoms with Crippen molar-refractivity contribution in [1.29, 1.82) is 0 Å². The van der Waals surface area contributed by atoms with Gasteiger partial charge in [-0.2, -0.15) is 4.98 Å². The smallest absolute Gasteiger partial charge is 0.243 e. The summed E-state index contributed by atoms with van der Waals surface area (Å²) in [5.41, 5.74) is 3.07.